The zero-order chi connectivity index (χ0) is 15.3. The van der Waals surface area contributed by atoms with Crippen molar-refractivity contribution < 1.29 is 4.79 Å². The van der Waals surface area contributed by atoms with E-state index in [-0.39, 0.29) is 10.8 Å². The zero-order valence-corrected chi connectivity index (χ0v) is 13.9. The summed E-state index contributed by atoms with van der Waals surface area (Å²) in [5, 5.41) is 10.1. The minimum atomic E-state index is -0.179. The molecule has 0 aromatic carbocycles. The van der Waals surface area contributed by atoms with E-state index in [9.17, 15) is 4.79 Å². The third-order valence-electron chi connectivity index (χ3n) is 3.58. The van der Waals surface area contributed by atoms with Crippen molar-refractivity contribution >= 4 is 23.6 Å². The molecule has 0 radical (unpaired) electrons. The maximum atomic E-state index is 11.9. The van der Waals surface area contributed by atoms with Gasteiger partial charge in [-0.05, 0) is 39.6 Å². The van der Waals surface area contributed by atoms with E-state index in [1.807, 2.05) is 42.8 Å². The maximum absolute atomic E-state index is 11.9. The Kier molecular flexibility index (Phi) is 5.52. The second-order valence-electron chi connectivity index (χ2n) is 5.98. The van der Waals surface area contributed by atoms with Gasteiger partial charge in [-0.1, -0.05) is 0 Å². The molecule has 6 nitrogen and oxygen atoms in total. The van der Waals surface area contributed by atoms with Crippen LogP contribution in [0.4, 0.5) is 10.6 Å². The highest BCUT2D eigenvalue weighted by molar-refractivity contribution is 8.00. The predicted octanol–water partition coefficient (Wildman–Crippen LogP) is 1.85. The van der Waals surface area contributed by atoms with Gasteiger partial charge < -0.3 is 10.2 Å². The van der Waals surface area contributed by atoms with Gasteiger partial charge in [-0.2, -0.15) is 16.9 Å². The molecule has 1 saturated heterocycles. The summed E-state index contributed by atoms with van der Waals surface area (Å²) in [7, 11) is 4.05. The Labute approximate surface area is 130 Å². The average Bonchev–Trinajstić information content (AvgIpc) is 3.04. The number of urea groups is 1. The van der Waals surface area contributed by atoms with Crippen LogP contribution in [0.5, 0.6) is 0 Å². The Hall–Kier alpha value is -1.21. The third-order valence-corrected chi connectivity index (χ3v) is 5.12. The van der Waals surface area contributed by atoms with Crippen LogP contribution in [-0.4, -0.2) is 58.4 Å². The SMILES string of the molecule is CN(C)CCn1ccc(NC(=O)NC[C@@]2(C)CCCS2)n1. The van der Waals surface area contributed by atoms with Crippen LogP contribution in [0.3, 0.4) is 0 Å². The molecule has 1 aromatic heterocycles. The van der Waals surface area contributed by atoms with Crippen LogP contribution < -0.4 is 10.6 Å². The zero-order valence-electron chi connectivity index (χ0n) is 13.1. The van der Waals surface area contributed by atoms with Crippen molar-refractivity contribution in [3.05, 3.63) is 12.3 Å². The van der Waals surface area contributed by atoms with Gasteiger partial charge in [-0.3, -0.25) is 10.00 Å². The monoisotopic (exact) mass is 311 g/mol. The molecule has 7 heteroatoms. The quantitative estimate of drug-likeness (QED) is 0.842. The largest absolute Gasteiger partial charge is 0.336 e. The lowest BCUT2D eigenvalue weighted by molar-refractivity contribution is 0.251. The van der Waals surface area contributed by atoms with Crippen LogP contribution in [0.2, 0.25) is 0 Å². The van der Waals surface area contributed by atoms with Crippen molar-refractivity contribution in [2.75, 3.05) is 38.3 Å². The molecule has 2 amide bonds. The van der Waals surface area contributed by atoms with E-state index >= 15 is 0 Å². The van der Waals surface area contributed by atoms with Crippen molar-refractivity contribution in [3.63, 3.8) is 0 Å². The Balaban J connectivity index is 1.74. The van der Waals surface area contributed by atoms with E-state index in [1.165, 1.54) is 12.2 Å². The van der Waals surface area contributed by atoms with Gasteiger partial charge in [0.05, 0.1) is 6.54 Å². The second kappa shape index (κ2) is 7.17. The van der Waals surface area contributed by atoms with Gasteiger partial charge in [0.25, 0.3) is 0 Å². The lowest BCUT2D eigenvalue weighted by atomic mass is 10.1. The molecule has 2 heterocycles. The predicted molar refractivity (Wildman–Crippen MR) is 87.9 cm³/mol. The molecule has 0 spiro atoms. The molecule has 0 unspecified atom stereocenters. The number of carbonyl (C=O) groups is 1. The average molecular weight is 311 g/mol. The number of nitrogens with zero attached hydrogens (tertiary/aromatic N) is 3. The number of hydrogen-bond acceptors (Lipinski definition) is 4. The van der Waals surface area contributed by atoms with Crippen molar-refractivity contribution in [1.29, 1.82) is 0 Å². The number of anilines is 1. The Bertz CT molecular complexity index is 468. The molecule has 2 N–H and O–H groups in total. The van der Waals surface area contributed by atoms with Crippen molar-refractivity contribution in [2.24, 2.45) is 0 Å². The summed E-state index contributed by atoms with van der Waals surface area (Å²) in [6.45, 7) is 4.64. The molecule has 2 rings (SSSR count). The highest BCUT2D eigenvalue weighted by atomic mass is 32.2. The van der Waals surface area contributed by atoms with E-state index in [1.54, 1.807) is 0 Å². The molecule has 0 bridgehead atoms. The molecule has 1 aliphatic heterocycles. The number of likely N-dealkylation sites (N-methyl/N-ethyl adjacent to an activating group) is 1. The fraction of sp³-hybridized carbons (Fsp3) is 0.714. The van der Waals surface area contributed by atoms with Crippen LogP contribution in [0, 0.1) is 0 Å². The molecule has 1 atom stereocenters. The minimum absolute atomic E-state index is 0.179. The van der Waals surface area contributed by atoms with Gasteiger partial charge in [-0.15, -0.1) is 0 Å². The van der Waals surface area contributed by atoms with E-state index < -0.39 is 0 Å². The molecule has 21 heavy (non-hydrogen) atoms. The minimum Gasteiger partial charge on any atom is -0.336 e. The lowest BCUT2D eigenvalue weighted by Gasteiger charge is -2.22. The summed E-state index contributed by atoms with van der Waals surface area (Å²) >= 11 is 1.94. The van der Waals surface area contributed by atoms with Gasteiger partial charge in [0, 0.05) is 30.1 Å². The first-order chi connectivity index (χ1) is 9.97. The summed E-state index contributed by atoms with van der Waals surface area (Å²) in [5.74, 6) is 1.78. The van der Waals surface area contributed by atoms with Crippen molar-refractivity contribution in [3.8, 4) is 0 Å². The molecule has 0 saturated carbocycles. The topological polar surface area (TPSA) is 62.2 Å². The van der Waals surface area contributed by atoms with Gasteiger partial charge in [-0.25, -0.2) is 4.79 Å². The van der Waals surface area contributed by atoms with Crippen molar-refractivity contribution in [2.45, 2.75) is 31.1 Å². The van der Waals surface area contributed by atoms with Gasteiger partial charge >= 0.3 is 6.03 Å². The summed E-state index contributed by atoms with van der Waals surface area (Å²) < 4.78 is 2.02. The Morgan fingerprint density at radius 2 is 2.38 bits per heavy atom. The highest BCUT2D eigenvalue weighted by Crippen LogP contribution is 2.36. The third kappa shape index (κ3) is 5.24. The molecular weight excluding hydrogens is 286 g/mol. The van der Waals surface area contributed by atoms with E-state index in [4.69, 9.17) is 0 Å². The second-order valence-corrected chi connectivity index (χ2v) is 7.66. The first-order valence-electron chi connectivity index (χ1n) is 7.34. The Morgan fingerprint density at radius 3 is 3.05 bits per heavy atom. The maximum Gasteiger partial charge on any atom is 0.320 e. The number of carbonyl (C=O) groups excluding carboxylic acids is 1. The highest BCUT2D eigenvalue weighted by Gasteiger charge is 2.29. The number of nitrogens with one attached hydrogen (secondary N) is 2. The number of hydrogen-bond donors (Lipinski definition) is 2. The van der Waals surface area contributed by atoms with Gasteiger partial charge in [0.1, 0.15) is 0 Å². The summed E-state index contributed by atoms with van der Waals surface area (Å²) in [5.41, 5.74) is 0. The van der Waals surface area contributed by atoms with Crippen LogP contribution in [0.25, 0.3) is 0 Å². The first-order valence-corrected chi connectivity index (χ1v) is 8.32. The van der Waals surface area contributed by atoms with Crippen LogP contribution in [-0.2, 0) is 6.54 Å². The molecule has 0 aliphatic carbocycles. The molecule has 118 valence electrons. The molecular formula is C14H25N5OS. The van der Waals surface area contributed by atoms with Crippen LogP contribution in [0.15, 0.2) is 12.3 Å². The van der Waals surface area contributed by atoms with Crippen LogP contribution in [0.1, 0.15) is 19.8 Å². The summed E-state index contributed by atoms with van der Waals surface area (Å²) in [6.07, 6.45) is 4.28. The smallest absolute Gasteiger partial charge is 0.320 e. The fourth-order valence-electron chi connectivity index (χ4n) is 2.26. The van der Waals surface area contributed by atoms with Gasteiger partial charge in [0.15, 0.2) is 5.82 Å². The number of rotatable bonds is 6. The van der Waals surface area contributed by atoms with Gasteiger partial charge in [0.2, 0.25) is 0 Å². The summed E-state index contributed by atoms with van der Waals surface area (Å²) in [6, 6.07) is 1.64. The first kappa shape index (κ1) is 16.2. The lowest BCUT2D eigenvalue weighted by Crippen LogP contribution is -2.39. The number of aromatic nitrogens is 2. The van der Waals surface area contributed by atoms with Crippen LogP contribution >= 0.6 is 11.8 Å². The number of amides is 2. The van der Waals surface area contributed by atoms with E-state index in [0.717, 1.165) is 19.5 Å². The summed E-state index contributed by atoms with van der Waals surface area (Å²) in [4.78, 5) is 14.0. The molecule has 1 fully saturated rings. The fourth-order valence-corrected chi connectivity index (χ4v) is 3.50. The van der Waals surface area contributed by atoms with Crippen molar-refractivity contribution in [1.82, 2.24) is 20.0 Å². The molecule has 1 aromatic rings. The Morgan fingerprint density at radius 1 is 1.57 bits per heavy atom. The van der Waals surface area contributed by atoms with E-state index in [0.29, 0.717) is 12.4 Å². The standard InChI is InChI=1S/C14H25N5OS/c1-14(6-4-10-21-14)11-15-13(20)16-12-5-7-19(17-12)9-8-18(2)3/h5,7H,4,6,8-11H2,1-3H3,(H2,15,16,17,20)/t14-/m1/s1. The van der Waals surface area contributed by atoms with E-state index in [2.05, 4.69) is 27.6 Å². The number of thioether (sulfide) groups is 1. The normalized spacial score (nSPS) is 21.7. The molecule has 1 aliphatic rings.